The van der Waals surface area contributed by atoms with Crippen molar-refractivity contribution in [2.45, 2.75) is 25.6 Å². The molecule has 1 saturated heterocycles. The number of hydrogen-bond donors (Lipinski definition) is 1. The molecule has 2 aliphatic rings. The van der Waals surface area contributed by atoms with Gasteiger partial charge in [0, 0.05) is 32.3 Å². The van der Waals surface area contributed by atoms with Crippen molar-refractivity contribution in [3.8, 4) is 5.75 Å². The normalized spacial score (nSPS) is 23.6. The number of carbonyl (C=O) groups is 1. The highest BCUT2D eigenvalue weighted by molar-refractivity contribution is 5.96. The summed E-state index contributed by atoms with van der Waals surface area (Å²) in [6.45, 7) is 3.75. The van der Waals surface area contributed by atoms with E-state index in [-0.39, 0.29) is 35.0 Å². The second-order valence-electron chi connectivity index (χ2n) is 5.63. The molecule has 1 aromatic rings. The molecule has 126 valence electrons. The van der Waals surface area contributed by atoms with E-state index in [0.717, 1.165) is 0 Å². The van der Waals surface area contributed by atoms with Gasteiger partial charge in [-0.1, -0.05) is 0 Å². The average molecular weight is 323 g/mol. The van der Waals surface area contributed by atoms with Crippen molar-refractivity contribution in [1.82, 2.24) is 9.58 Å². The van der Waals surface area contributed by atoms with E-state index in [1.54, 1.807) is 22.9 Å². The topological polar surface area (TPSA) is 82.0 Å². The minimum atomic E-state index is -0.306. The number of rotatable bonds is 5. The van der Waals surface area contributed by atoms with Gasteiger partial charge < -0.3 is 24.5 Å². The standard InChI is InChI=1S/C15H21N3O5/c1-10-16-18-5-3-12(19)14(23-11-4-7-22-9-11)13(18)15(20)17(10)6-8-21-2/h3,5,10-11,16H,4,6-9H2,1-2H3/t10-,11+/m0/s1. The lowest BCUT2D eigenvalue weighted by Gasteiger charge is -2.37. The molecule has 2 aliphatic heterocycles. The second kappa shape index (κ2) is 6.59. The van der Waals surface area contributed by atoms with Crippen molar-refractivity contribution >= 4 is 5.91 Å². The van der Waals surface area contributed by atoms with E-state index in [0.29, 0.717) is 32.8 Å². The smallest absolute Gasteiger partial charge is 0.278 e. The first kappa shape index (κ1) is 15.8. The van der Waals surface area contributed by atoms with Crippen molar-refractivity contribution in [1.29, 1.82) is 0 Å². The lowest BCUT2D eigenvalue weighted by atomic mass is 10.2. The number of nitrogens with one attached hydrogen (secondary N) is 1. The Morgan fingerprint density at radius 2 is 2.26 bits per heavy atom. The van der Waals surface area contributed by atoms with Crippen LogP contribution >= 0.6 is 0 Å². The average Bonchev–Trinajstić information content (AvgIpc) is 3.03. The van der Waals surface area contributed by atoms with E-state index in [9.17, 15) is 9.59 Å². The molecular formula is C15H21N3O5. The van der Waals surface area contributed by atoms with Crippen LogP contribution in [0.1, 0.15) is 23.8 Å². The maximum atomic E-state index is 12.8. The number of hydrogen-bond acceptors (Lipinski definition) is 6. The van der Waals surface area contributed by atoms with Gasteiger partial charge in [-0.05, 0) is 6.92 Å². The summed E-state index contributed by atoms with van der Waals surface area (Å²) in [5.74, 6) is -0.172. The quantitative estimate of drug-likeness (QED) is 0.822. The van der Waals surface area contributed by atoms with Gasteiger partial charge in [0.25, 0.3) is 5.91 Å². The van der Waals surface area contributed by atoms with Crippen LogP contribution in [0.2, 0.25) is 0 Å². The first-order chi connectivity index (χ1) is 11.1. The van der Waals surface area contributed by atoms with Crippen LogP contribution in [0.25, 0.3) is 0 Å². The first-order valence-corrected chi connectivity index (χ1v) is 7.68. The van der Waals surface area contributed by atoms with E-state index < -0.39 is 0 Å². The molecule has 0 spiro atoms. The Kier molecular flexibility index (Phi) is 4.53. The fraction of sp³-hybridized carbons (Fsp3) is 0.600. The van der Waals surface area contributed by atoms with Crippen LogP contribution in [0.15, 0.2) is 17.1 Å². The highest BCUT2D eigenvalue weighted by Crippen LogP contribution is 2.23. The van der Waals surface area contributed by atoms with Gasteiger partial charge in [0.05, 0.1) is 19.8 Å². The van der Waals surface area contributed by atoms with Crippen LogP contribution in [0.4, 0.5) is 0 Å². The highest BCUT2D eigenvalue weighted by atomic mass is 16.5. The molecule has 8 nitrogen and oxygen atoms in total. The summed E-state index contributed by atoms with van der Waals surface area (Å²) in [4.78, 5) is 26.7. The second-order valence-corrected chi connectivity index (χ2v) is 5.63. The maximum absolute atomic E-state index is 12.8. The summed E-state index contributed by atoms with van der Waals surface area (Å²) >= 11 is 0. The Bertz CT molecular complexity index is 638. The molecule has 1 amide bonds. The van der Waals surface area contributed by atoms with Gasteiger partial charge in [0.15, 0.2) is 11.4 Å². The van der Waals surface area contributed by atoms with Crippen LogP contribution < -0.4 is 15.6 Å². The monoisotopic (exact) mass is 323 g/mol. The van der Waals surface area contributed by atoms with Crippen molar-refractivity contribution in [3.63, 3.8) is 0 Å². The van der Waals surface area contributed by atoms with Gasteiger partial charge in [-0.2, -0.15) is 0 Å². The third kappa shape index (κ3) is 3.04. The molecule has 3 heterocycles. The minimum Gasteiger partial charge on any atom is -0.481 e. The summed E-state index contributed by atoms with van der Waals surface area (Å²) in [6.07, 6.45) is 1.85. The summed E-state index contributed by atoms with van der Waals surface area (Å²) in [7, 11) is 1.58. The predicted octanol–water partition coefficient (Wildman–Crippen LogP) is 0.00770. The number of methoxy groups -OCH3 is 1. The molecule has 0 bridgehead atoms. The molecule has 1 fully saturated rings. The van der Waals surface area contributed by atoms with Crippen LogP contribution in [0, 0.1) is 0 Å². The molecule has 1 aromatic heterocycles. The molecule has 0 unspecified atom stereocenters. The number of fused-ring (bicyclic) bond motifs is 1. The van der Waals surface area contributed by atoms with E-state index >= 15 is 0 Å². The number of nitrogens with zero attached hydrogens (tertiary/aromatic N) is 2. The van der Waals surface area contributed by atoms with Crippen LogP contribution in [0.5, 0.6) is 5.75 Å². The van der Waals surface area contributed by atoms with Crippen LogP contribution in [-0.2, 0) is 9.47 Å². The first-order valence-electron chi connectivity index (χ1n) is 7.68. The molecule has 0 radical (unpaired) electrons. The van der Waals surface area contributed by atoms with E-state index in [4.69, 9.17) is 14.2 Å². The Hall–Kier alpha value is -2.06. The van der Waals surface area contributed by atoms with Gasteiger partial charge in [0.1, 0.15) is 12.3 Å². The molecule has 3 rings (SSSR count). The van der Waals surface area contributed by atoms with Gasteiger partial charge in [0.2, 0.25) is 5.43 Å². The molecule has 0 saturated carbocycles. The van der Waals surface area contributed by atoms with Gasteiger partial charge >= 0.3 is 0 Å². The zero-order valence-electron chi connectivity index (χ0n) is 13.3. The molecule has 23 heavy (non-hydrogen) atoms. The number of pyridine rings is 1. The number of carbonyl (C=O) groups excluding carboxylic acids is 1. The molecule has 8 heteroatoms. The van der Waals surface area contributed by atoms with Crippen LogP contribution in [0.3, 0.4) is 0 Å². The highest BCUT2D eigenvalue weighted by Gasteiger charge is 2.34. The molecule has 1 N–H and O–H groups in total. The number of aromatic nitrogens is 1. The fourth-order valence-electron chi connectivity index (χ4n) is 2.78. The Balaban J connectivity index is 1.95. The molecular weight excluding hydrogens is 302 g/mol. The predicted molar refractivity (Wildman–Crippen MR) is 82.3 cm³/mol. The maximum Gasteiger partial charge on any atom is 0.278 e. The largest absolute Gasteiger partial charge is 0.481 e. The third-order valence-corrected chi connectivity index (χ3v) is 4.02. The number of ether oxygens (including phenoxy) is 3. The SMILES string of the molecule is COCCN1C(=O)c2c(O[C@@H]3CCOC3)c(=O)ccn2N[C@@H]1C. The lowest BCUT2D eigenvalue weighted by Crippen LogP contribution is -2.53. The third-order valence-electron chi connectivity index (χ3n) is 4.02. The van der Waals surface area contributed by atoms with Gasteiger partial charge in [-0.25, -0.2) is 0 Å². The molecule has 0 aliphatic carbocycles. The summed E-state index contributed by atoms with van der Waals surface area (Å²) < 4.78 is 17.7. The fourth-order valence-corrected chi connectivity index (χ4v) is 2.78. The van der Waals surface area contributed by atoms with E-state index in [1.165, 1.54) is 6.07 Å². The summed E-state index contributed by atoms with van der Waals surface area (Å²) in [6, 6.07) is 1.40. The van der Waals surface area contributed by atoms with Crippen molar-refractivity contribution < 1.29 is 19.0 Å². The van der Waals surface area contributed by atoms with Crippen molar-refractivity contribution in [2.75, 3.05) is 38.9 Å². The summed E-state index contributed by atoms with van der Waals surface area (Å²) in [5, 5.41) is 0. The van der Waals surface area contributed by atoms with E-state index in [1.807, 2.05) is 6.92 Å². The van der Waals surface area contributed by atoms with Crippen molar-refractivity contribution in [3.05, 3.63) is 28.2 Å². The lowest BCUT2D eigenvalue weighted by molar-refractivity contribution is 0.0569. The van der Waals surface area contributed by atoms with Gasteiger partial charge in [-0.15, -0.1) is 0 Å². The Labute approximate surface area is 133 Å². The zero-order valence-corrected chi connectivity index (χ0v) is 13.3. The minimum absolute atomic E-state index is 0.0785. The Morgan fingerprint density at radius 3 is 2.96 bits per heavy atom. The number of amides is 1. The summed E-state index contributed by atoms with van der Waals surface area (Å²) in [5.41, 5.74) is 3.07. The van der Waals surface area contributed by atoms with Gasteiger partial charge in [-0.3, -0.25) is 14.3 Å². The zero-order chi connectivity index (χ0) is 16.4. The molecule has 2 atom stereocenters. The van der Waals surface area contributed by atoms with Crippen molar-refractivity contribution in [2.24, 2.45) is 0 Å². The molecule has 0 aromatic carbocycles. The Morgan fingerprint density at radius 1 is 1.43 bits per heavy atom. The van der Waals surface area contributed by atoms with Crippen LogP contribution in [-0.4, -0.2) is 61.2 Å². The van der Waals surface area contributed by atoms with E-state index in [2.05, 4.69) is 5.43 Å².